The molecule has 1 aliphatic heterocycles. The van der Waals surface area contributed by atoms with Crippen LogP contribution in [0.4, 0.5) is 4.79 Å². The lowest BCUT2D eigenvalue weighted by atomic mass is 10.0. The van der Waals surface area contributed by atoms with Gasteiger partial charge in [0, 0.05) is 13.7 Å². The lowest BCUT2D eigenvalue weighted by Gasteiger charge is -2.27. The van der Waals surface area contributed by atoms with Gasteiger partial charge in [0.25, 0.3) is 0 Å². The summed E-state index contributed by atoms with van der Waals surface area (Å²) >= 11 is 0. The molecule has 7 heteroatoms. The molecular weight excluding hydrogens is 294 g/mol. The quantitative estimate of drug-likeness (QED) is 0.779. The van der Waals surface area contributed by atoms with Gasteiger partial charge in [-0.3, -0.25) is 0 Å². The lowest BCUT2D eigenvalue weighted by molar-refractivity contribution is 0.113. The van der Waals surface area contributed by atoms with E-state index in [1.807, 2.05) is 36.9 Å². The van der Waals surface area contributed by atoms with Crippen LogP contribution in [0.25, 0.3) is 11.0 Å². The molecule has 0 aliphatic carbocycles. The van der Waals surface area contributed by atoms with Crippen LogP contribution in [-0.4, -0.2) is 46.7 Å². The molecule has 0 bridgehead atoms. The third-order valence-electron chi connectivity index (χ3n) is 4.11. The minimum absolute atomic E-state index is 0.0654. The first-order valence-corrected chi connectivity index (χ1v) is 7.70. The Kier molecular flexibility index (Phi) is 3.99. The minimum atomic E-state index is -0.242. The van der Waals surface area contributed by atoms with Gasteiger partial charge in [0.2, 0.25) is 0 Å². The standard InChI is InChI=1S/C16H23N5O2/c1-16(2)9-21(15(22)20-16)13(8-23-3)10-4-5-11-12(6-10)19-14(7-17)18-11/h4-6,13H,7-9,17H2,1-3H3,(H,18,19)(H,20,22). The van der Waals surface area contributed by atoms with Crippen molar-refractivity contribution in [1.82, 2.24) is 20.2 Å². The monoisotopic (exact) mass is 317 g/mol. The van der Waals surface area contributed by atoms with E-state index in [1.165, 1.54) is 0 Å². The molecule has 1 atom stereocenters. The number of amides is 2. The van der Waals surface area contributed by atoms with Crippen molar-refractivity contribution in [3.63, 3.8) is 0 Å². The van der Waals surface area contributed by atoms with Crippen LogP contribution in [0.3, 0.4) is 0 Å². The molecule has 23 heavy (non-hydrogen) atoms. The van der Waals surface area contributed by atoms with Gasteiger partial charge in [0.1, 0.15) is 5.82 Å². The molecule has 1 aromatic heterocycles. The molecule has 1 aromatic carbocycles. The first-order chi connectivity index (χ1) is 10.9. The van der Waals surface area contributed by atoms with Crippen LogP contribution in [0.5, 0.6) is 0 Å². The zero-order valence-corrected chi connectivity index (χ0v) is 13.7. The lowest BCUT2D eigenvalue weighted by Crippen LogP contribution is -2.36. The van der Waals surface area contributed by atoms with Gasteiger partial charge in [-0.15, -0.1) is 0 Å². The van der Waals surface area contributed by atoms with Crippen LogP contribution in [0.2, 0.25) is 0 Å². The van der Waals surface area contributed by atoms with Gasteiger partial charge in [-0.25, -0.2) is 9.78 Å². The number of nitrogens with two attached hydrogens (primary N) is 1. The number of hydrogen-bond donors (Lipinski definition) is 3. The van der Waals surface area contributed by atoms with Gasteiger partial charge in [-0.2, -0.15) is 0 Å². The van der Waals surface area contributed by atoms with Gasteiger partial charge in [-0.1, -0.05) is 6.07 Å². The molecule has 0 saturated carbocycles. The fourth-order valence-corrected chi connectivity index (χ4v) is 3.06. The van der Waals surface area contributed by atoms with E-state index in [-0.39, 0.29) is 17.6 Å². The number of aromatic amines is 1. The van der Waals surface area contributed by atoms with Gasteiger partial charge in [0.15, 0.2) is 0 Å². The molecule has 1 fully saturated rings. The largest absolute Gasteiger partial charge is 0.382 e. The number of H-pyrrole nitrogens is 1. The fourth-order valence-electron chi connectivity index (χ4n) is 3.06. The van der Waals surface area contributed by atoms with Crippen LogP contribution < -0.4 is 11.1 Å². The van der Waals surface area contributed by atoms with Crippen molar-refractivity contribution >= 4 is 17.1 Å². The molecule has 0 spiro atoms. The molecule has 1 unspecified atom stereocenters. The highest BCUT2D eigenvalue weighted by molar-refractivity contribution is 5.79. The first kappa shape index (κ1) is 15.8. The number of rotatable bonds is 5. The summed E-state index contributed by atoms with van der Waals surface area (Å²) in [5, 5.41) is 3.00. The summed E-state index contributed by atoms with van der Waals surface area (Å²) in [4.78, 5) is 21.8. The van der Waals surface area contributed by atoms with Crippen LogP contribution in [0.1, 0.15) is 31.3 Å². The molecule has 7 nitrogen and oxygen atoms in total. The highest BCUT2D eigenvalue weighted by Crippen LogP contribution is 2.29. The molecule has 0 radical (unpaired) electrons. The Morgan fingerprint density at radius 2 is 2.26 bits per heavy atom. The number of ether oxygens (including phenoxy) is 1. The zero-order chi connectivity index (χ0) is 16.6. The first-order valence-electron chi connectivity index (χ1n) is 7.70. The van der Waals surface area contributed by atoms with Crippen molar-refractivity contribution < 1.29 is 9.53 Å². The van der Waals surface area contributed by atoms with Crippen molar-refractivity contribution in [2.24, 2.45) is 5.73 Å². The van der Waals surface area contributed by atoms with Gasteiger partial charge in [-0.05, 0) is 31.5 Å². The maximum atomic E-state index is 12.3. The number of methoxy groups -OCH3 is 1. The Hall–Kier alpha value is -2.12. The fraction of sp³-hybridized carbons (Fsp3) is 0.500. The number of aromatic nitrogens is 2. The second-order valence-electron chi connectivity index (χ2n) is 6.58. The number of carbonyl (C=O) groups excluding carboxylic acids is 1. The van der Waals surface area contributed by atoms with E-state index in [4.69, 9.17) is 10.5 Å². The van der Waals surface area contributed by atoms with Crippen LogP contribution in [0, 0.1) is 0 Å². The molecule has 3 rings (SSSR count). The Labute approximate surface area is 135 Å². The van der Waals surface area contributed by atoms with E-state index >= 15 is 0 Å². The van der Waals surface area contributed by atoms with Crippen LogP contribution in [-0.2, 0) is 11.3 Å². The highest BCUT2D eigenvalue weighted by atomic mass is 16.5. The summed E-state index contributed by atoms with van der Waals surface area (Å²) in [6, 6.07) is 5.75. The summed E-state index contributed by atoms with van der Waals surface area (Å²) in [7, 11) is 1.65. The molecule has 1 saturated heterocycles. The zero-order valence-electron chi connectivity index (χ0n) is 13.7. The normalized spacial score (nSPS) is 18.4. The topological polar surface area (TPSA) is 96.3 Å². The number of carbonyl (C=O) groups is 1. The van der Waals surface area contributed by atoms with E-state index in [0.717, 1.165) is 22.4 Å². The predicted octanol–water partition coefficient (Wildman–Crippen LogP) is 1.51. The SMILES string of the molecule is COCC(c1ccc2nc(CN)[nH]c2c1)N1CC(C)(C)NC1=O. The predicted molar refractivity (Wildman–Crippen MR) is 87.9 cm³/mol. The maximum Gasteiger partial charge on any atom is 0.318 e. The second-order valence-corrected chi connectivity index (χ2v) is 6.58. The number of fused-ring (bicyclic) bond motifs is 1. The van der Waals surface area contributed by atoms with Crippen molar-refractivity contribution in [3.8, 4) is 0 Å². The van der Waals surface area contributed by atoms with E-state index in [2.05, 4.69) is 15.3 Å². The summed E-state index contributed by atoms with van der Waals surface area (Å²) < 4.78 is 5.36. The summed E-state index contributed by atoms with van der Waals surface area (Å²) in [6.45, 7) is 5.47. The number of imidazole rings is 1. The van der Waals surface area contributed by atoms with Gasteiger partial charge in [0.05, 0.1) is 35.8 Å². The molecule has 1 aliphatic rings. The third kappa shape index (κ3) is 3.02. The second kappa shape index (κ2) is 5.82. The van der Waals surface area contributed by atoms with Crippen LogP contribution in [0.15, 0.2) is 18.2 Å². The number of hydrogen-bond acceptors (Lipinski definition) is 4. The smallest absolute Gasteiger partial charge is 0.318 e. The third-order valence-corrected chi connectivity index (χ3v) is 4.11. The molecular formula is C16H23N5O2. The highest BCUT2D eigenvalue weighted by Gasteiger charge is 2.39. The van der Waals surface area contributed by atoms with E-state index in [0.29, 0.717) is 19.7 Å². The molecule has 124 valence electrons. The molecule has 2 amide bonds. The van der Waals surface area contributed by atoms with Gasteiger partial charge < -0.3 is 25.7 Å². The minimum Gasteiger partial charge on any atom is -0.382 e. The van der Waals surface area contributed by atoms with Crippen molar-refractivity contribution in [1.29, 1.82) is 0 Å². The Morgan fingerprint density at radius 3 is 2.87 bits per heavy atom. The van der Waals surface area contributed by atoms with Crippen molar-refractivity contribution in [3.05, 3.63) is 29.6 Å². The average molecular weight is 317 g/mol. The molecule has 2 aromatic rings. The van der Waals surface area contributed by atoms with Crippen LogP contribution >= 0.6 is 0 Å². The molecule has 2 heterocycles. The molecule has 4 N–H and O–H groups in total. The number of nitrogens with zero attached hydrogens (tertiary/aromatic N) is 2. The number of urea groups is 1. The van der Waals surface area contributed by atoms with Crippen molar-refractivity contribution in [2.75, 3.05) is 20.3 Å². The Bertz CT molecular complexity index is 724. The van der Waals surface area contributed by atoms with E-state index in [1.54, 1.807) is 7.11 Å². The Balaban J connectivity index is 1.96. The van der Waals surface area contributed by atoms with E-state index < -0.39 is 0 Å². The Morgan fingerprint density at radius 1 is 1.48 bits per heavy atom. The van der Waals surface area contributed by atoms with Crippen molar-refractivity contribution in [2.45, 2.75) is 32.0 Å². The average Bonchev–Trinajstić information content (AvgIpc) is 3.03. The summed E-state index contributed by atoms with van der Waals surface area (Å²) in [5.41, 5.74) is 8.19. The van der Waals surface area contributed by atoms with E-state index in [9.17, 15) is 4.79 Å². The summed E-state index contributed by atoms with van der Waals surface area (Å²) in [5.74, 6) is 0.750. The number of nitrogens with one attached hydrogen (secondary N) is 2. The summed E-state index contributed by atoms with van der Waals surface area (Å²) in [6.07, 6.45) is 0. The maximum absolute atomic E-state index is 12.3. The number of benzene rings is 1. The van der Waals surface area contributed by atoms with Gasteiger partial charge >= 0.3 is 6.03 Å².